The predicted octanol–water partition coefficient (Wildman–Crippen LogP) is 5.57. The van der Waals surface area contributed by atoms with Crippen LogP contribution in [0.2, 0.25) is 0 Å². The molecule has 2 saturated carbocycles. The van der Waals surface area contributed by atoms with Crippen LogP contribution in [0, 0.1) is 34.5 Å². The smallest absolute Gasteiger partial charge is 0.309 e. The van der Waals surface area contributed by atoms with Crippen LogP contribution in [-0.4, -0.2) is 12.1 Å². The van der Waals surface area contributed by atoms with Gasteiger partial charge in [-0.2, -0.15) is 10.5 Å². The Morgan fingerprint density at radius 2 is 1.62 bits per heavy atom. The fourth-order valence-electron chi connectivity index (χ4n) is 4.47. The third-order valence-corrected chi connectivity index (χ3v) is 6.24. The van der Waals surface area contributed by atoms with E-state index in [9.17, 15) is 4.79 Å². The molecular formula is C25H28N2O2. The van der Waals surface area contributed by atoms with Gasteiger partial charge >= 0.3 is 5.97 Å². The summed E-state index contributed by atoms with van der Waals surface area (Å²) in [5.74, 6) is 1.00. The molecule has 3 rings (SSSR count). The molecule has 0 unspecified atom stereocenters. The normalized spacial score (nSPS) is 27.4. The van der Waals surface area contributed by atoms with Gasteiger partial charge in [0.1, 0.15) is 6.10 Å². The van der Waals surface area contributed by atoms with Gasteiger partial charge < -0.3 is 4.74 Å². The monoisotopic (exact) mass is 388 g/mol. The van der Waals surface area contributed by atoms with Gasteiger partial charge in [0.2, 0.25) is 0 Å². The Labute approximate surface area is 173 Å². The Balaban J connectivity index is 1.40. The first kappa shape index (κ1) is 20.9. The lowest BCUT2D eigenvalue weighted by Gasteiger charge is -2.31. The quantitative estimate of drug-likeness (QED) is 0.375. The molecule has 2 aliphatic rings. The molecule has 2 fully saturated rings. The summed E-state index contributed by atoms with van der Waals surface area (Å²) < 4.78 is 5.85. The maximum Gasteiger partial charge on any atom is 0.309 e. The highest BCUT2D eigenvalue weighted by atomic mass is 16.5. The van der Waals surface area contributed by atoms with Crippen LogP contribution in [0.1, 0.15) is 68.4 Å². The number of ether oxygens (including phenoxy) is 1. The summed E-state index contributed by atoms with van der Waals surface area (Å²) in [6, 6.07) is 12.0. The van der Waals surface area contributed by atoms with Gasteiger partial charge in [0, 0.05) is 6.08 Å². The van der Waals surface area contributed by atoms with Crippen LogP contribution in [0.15, 0.2) is 48.6 Å². The summed E-state index contributed by atoms with van der Waals surface area (Å²) in [4.78, 5) is 12.6. The van der Waals surface area contributed by atoms with Crippen molar-refractivity contribution in [2.45, 2.75) is 63.4 Å². The molecule has 4 nitrogen and oxygen atoms in total. The molecule has 0 aromatic heterocycles. The molecule has 2 aliphatic carbocycles. The predicted molar refractivity (Wildman–Crippen MR) is 112 cm³/mol. The Morgan fingerprint density at radius 1 is 0.931 bits per heavy atom. The number of nitriles is 2. The van der Waals surface area contributed by atoms with E-state index in [1.165, 1.54) is 11.6 Å². The Kier molecular flexibility index (Phi) is 7.65. The Hall–Kier alpha value is -2.85. The largest absolute Gasteiger partial charge is 0.462 e. The lowest BCUT2D eigenvalue weighted by Crippen LogP contribution is -2.29. The van der Waals surface area contributed by atoms with Crippen LogP contribution in [-0.2, 0) is 9.53 Å². The number of benzene rings is 1. The van der Waals surface area contributed by atoms with E-state index in [0.29, 0.717) is 17.4 Å². The highest BCUT2D eigenvalue weighted by Gasteiger charge is 2.30. The molecule has 0 N–H and O–H groups in total. The fraction of sp³-hybridized carbons (Fsp3) is 0.480. The van der Waals surface area contributed by atoms with Crippen molar-refractivity contribution in [2.24, 2.45) is 11.8 Å². The van der Waals surface area contributed by atoms with E-state index in [4.69, 9.17) is 15.3 Å². The first-order valence-electron chi connectivity index (χ1n) is 10.6. The molecule has 4 heteroatoms. The summed E-state index contributed by atoms with van der Waals surface area (Å²) in [6.45, 7) is 0. The van der Waals surface area contributed by atoms with Crippen LogP contribution < -0.4 is 0 Å². The molecule has 0 heterocycles. The average Bonchev–Trinajstić information content (AvgIpc) is 2.78. The third-order valence-electron chi connectivity index (χ3n) is 6.24. The second-order valence-corrected chi connectivity index (χ2v) is 8.13. The maximum absolute atomic E-state index is 12.6. The number of nitrogens with zero attached hydrogens (tertiary/aromatic N) is 2. The van der Waals surface area contributed by atoms with Crippen molar-refractivity contribution in [2.75, 3.05) is 0 Å². The van der Waals surface area contributed by atoms with Crippen LogP contribution >= 0.6 is 0 Å². The zero-order valence-electron chi connectivity index (χ0n) is 16.8. The van der Waals surface area contributed by atoms with Gasteiger partial charge in [-0.1, -0.05) is 30.4 Å². The number of carbonyl (C=O) groups is 1. The van der Waals surface area contributed by atoms with E-state index in [0.717, 1.165) is 51.4 Å². The number of allylic oxidation sites excluding steroid dienone is 4. The Morgan fingerprint density at radius 3 is 2.24 bits per heavy atom. The lowest BCUT2D eigenvalue weighted by molar-refractivity contribution is -0.157. The standard InChI is InChI=1S/C25H28N2O2/c26-17-3-1-2-4-19-5-11-23(12-6-19)25(28)29-24-15-13-22(14-16-24)21-9-7-20(18-27)8-10-21/h1-4,7-10,19,22-24H,5-6,11-16H2. The highest BCUT2D eigenvalue weighted by Crippen LogP contribution is 2.36. The fourth-order valence-corrected chi connectivity index (χ4v) is 4.47. The van der Waals surface area contributed by atoms with Crippen molar-refractivity contribution in [1.82, 2.24) is 0 Å². The number of hydrogen-bond donors (Lipinski definition) is 0. The maximum atomic E-state index is 12.6. The van der Waals surface area contributed by atoms with Crippen LogP contribution in [0.5, 0.6) is 0 Å². The molecule has 0 radical (unpaired) electrons. The molecule has 0 amide bonds. The molecule has 29 heavy (non-hydrogen) atoms. The first-order valence-corrected chi connectivity index (χ1v) is 10.6. The zero-order chi connectivity index (χ0) is 20.5. The van der Waals surface area contributed by atoms with E-state index in [1.54, 1.807) is 6.08 Å². The van der Waals surface area contributed by atoms with Gasteiger partial charge in [-0.25, -0.2) is 0 Å². The number of rotatable bonds is 5. The van der Waals surface area contributed by atoms with Crippen LogP contribution in [0.25, 0.3) is 0 Å². The van der Waals surface area contributed by atoms with E-state index in [-0.39, 0.29) is 18.0 Å². The van der Waals surface area contributed by atoms with Gasteiger partial charge in [0.25, 0.3) is 0 Å². The van der Waals surface area contributed by atoms with E-state index < -0.39 is 0 Å². The Bertz CT molecular complexity index is 810. The zero-order valence-corrected chi connectivity index (χ0v) is 16.8. The summed E-state index contributed by atoms with van der Waals surface area (Å²) in [5, 5.41) is 17.4. The second-order valence-electron chi connectivity index (χ2n) is 8.13. The minimum absolute atomic E-state index is 0.0152. The van der Waals surface area contributed by atoms with Gasteiger partial charge in [-0.05, 0) is 80.9 Å². The molecule has 1 aromatic rings. The third kappa shape index (κ3) is 6.06. The first-order chi connectivity index (χ1) is 14.2. The van der Waals surface area contributed by atoms with Gasteiger partial charge in [-0.3, -0.25) is 4.79 Å². The van der Waals surface area contributed by atoms with Crippen molar-refractivity contribution in [3.63, 3.8) is 0 Å². The van der Waals surface area contributed by atoms with Gasteiger partial charge in [0.15, 0.2) is 0 Å². The summed E-state index contributed by atoms with van der Waals surface area (Å²) in [6.07, 6.45) is 15.0. The van der Waals surface area contributed by atoms with Crippen molar-refractivity contribution >= 4 is 5.97 Å². The summed E-state index contributed by atoms with van der Waals surface area (Å²) in [7, 11) is 0. The SMILES string of the molecule is N#CC=CC=CC1CCC(C(=O)OC2CCC(c3ccc(C#N)cc3)CC2)CC1. The van der Waals surface area contributed by atoms with E-state index >= 15 is 0 Å². The van der Waals surface area contributed by atoms with E-state index in [2.05, 4.69) is 24.3 Å². The summed E-state index contributed by atoms with van der Waals surface area (Å²) in [5.41, 5.74) is 1.98. The summed E-state index contributed by atoms with van der Waals surface area (Å²) >= 11 is 0. The van der Waals surface area contributed by atoms with Crippen molar-refractivity contribution in [3.8, 4) is 12.1 Å². The topological polar surface area (TPSA) is 73.9 Å². The van der Waals surface area contributed by atoms with Gasteiger partial charge in [-0.15, -0.1) is 0 Å². The molecule has 0 aliphatic heterocycles. The van der Waals surface area contributed by atoms with Crippen molar-refractivity contribution < 1.29 is 9.53 Å². The second kappa shape index (κ2) is 10.6. The number of hydrogen-bond acceptors (Lipinski definition) is 4. The molecule has 0 spiro atoms. The molecule has 0 saturated heterocycles. The van der Waals surface area contributed by atoms with Crippen molar-refractivity contribution in [1.29, 1.82) is 10.5 Å². The van der Waals surface area contributed by atoms with E-state index in [1.807, 2.05) is 24.3 Å². The number of carbonyl (C=O) groups excluding carboxylic acids is 1. The minimum Gasteiger partial charge on any atom is -0.462 e. The number of esters is 1. The van der Waals surface area contributed by atoms with Gasteiger partial charge in [0.05, 0.1) is 23.6 Å². The van der Waals surface area contributed by atoms with Crippen LogP contribution in [0.4, 0.5) is 0 Å². The average molecular weight is 389 g/mol. The molecule has 1 aromatic carbocycles. The van der Waals surface area contributed by atoms with Crippen LogP contribution in [0.3, 0.4) is 0 Å². The molecule has 0 bridgehead atoms. The minimum atomic E-state index is -0.0152. The van der Waals surface area contributed by atoms with Crippen molar-refractivity contribution in [3.05, 3.63) is 59.7 Å². The lowest BCUT2D eigenvalue weighted by atomic mass is 9.81. The molecule has 150 valence electrons. The molecule has 0 atom stereocenters. The highest BCUT2D eigenvalue weighted by molar-refractivity contribution is 5.72. The molecular weight excluding hydrogens is 360 g/mol.